The average Bonchev–Trinajstić information content (AvgIpc) is 3.25. The Morgan fingerprint density at radius 1 is 1.17 bits per heavy atom. The van der Waals surface area contributed by atoms with E-state index in [1.165, 1.54) is 11.4 Å². The van der Waals surface area contributed by atoms with Gasteiger partial charge in [0.05, 0.1) is 5.69 Å². The van der Waals surface area contributed by atoms with Gasteiger partial charge in [-0.1, -0.05) is 23.7 Å². The Morgan fingerprint density at radius 3 is 2.55 bits per heavy atom. The number of nitrogens with zero attached hydrogens (tertiary/aromatic N) is 1. The summed E-state index contributed by atoms with van der Waals surface area (Å²) in [7, 11) is -2.10. The van der Waals surface area contributed by atoms with Gasteiger partial charge in [0.15, 0.2) is 6.61 Å². The van der Waals surface area contributed by atoms with E-state index < -0.39 is 10.0 Å². The highest BCUT2D eigenvalue weighted by molar-refractivity contribution is 7.94. The summed E-state index contributed by atoms with van der Waals surface area (Å²) >= 11 is 7.11. The molecule has 0 saturated heterocycles. The molecule has 2 aromatic carbocycles. The van der Waals surface area contributed by atoms with Gasteiger partial charge in [-0.25, -0.2) is 8.42 Å². The van der Waals surface area contributed by atoms with Gasteiger partial charge < -0.3 is 10.1 Å². The number of ether oxygens (including phenoxy) is 1. The molecule has 0 aliphatic rings. The predicted molar refractivity (Wildman–Crippen MR) is 117 cm³/mol. The molecule has 6 nitrogen and oxygen atoms in total. The summed E-state index contributed by atoms with van der Waals surface area (Å²) in [6, 6.07) is 15.0. The lowest BCUT2D eigenvalue weighted by molar-refractivity contribution is -0.118. The van der Waals surface area contributed by atoms with Crippen LogP contribution in [0.5, 0.6) is 5.75 Å². The number of carbonyl (C=O) groups is 1. The Balaban J connectivity index is 1.60. The van der Waals surface area contributed by atoms with E-state index in [1.54, 1.807) is 53.9 Å². The first-order valence-corrected chi connectivity index (χ1v) is 11.3. The second kappa shape index (κ2) is 8.86. The summed E-state index contributed by atoms with van der Waals surface area (Å²) in [5.74, 6) is 0.130. The van der Waals surface area contributed by atoms with E-state index in [0.29, 0.717) is 22.1 Å². The number of halogens is 1. The second-order valence-electron chi connectivity index (χ2n) is 6.19. The molecule has 1 heterocycles. The van der Waals surface area contributed by atoms with Crippen LogP contribution in [0.1, 0.15) is 5.56 Å². The van der Waals surface area contributed by atoms with Crippen molar-refractivity contribution in [3.63, 3.8) is 0 Å². The number of thiophene rings is 1. The third-order valence-electron chi connectivity index (χ3n) is 4.15. The van der Waals surface area contributed by atoms with E-state index in [0.717, 1.165) is 16.9 Å². The van der Waals surface area contributed by atoms with Crippen molar-refractivity contribution in [1.82, 2.24) is 0 Å². The van der Waals surface area contributed by atoms with E-state index in [9.17, 15) is 13.2 Å². The van der Waals surface area contributed by atoms with E-state index in [2.05, 4.69) is 5.32 Å². The second-order valence-corrected chi connectivity index (χ2v) is 9.77. The fraction of sp³-hybridized carbons (Fsp3) is 0.150. The van der Waals surface area contributed by atoms with Crippen LogP contribution in [0.15, 0.2) is 64.2 Å². The lowest BCUT2D eigenvalue weighted by Crippen LogP contribution is -2.25. The molecule has 0 unspecified atom stereocenters. The van der Waals surface area contributed by atoms with Gasteiger partial charge in [-0.05, 0) is 60.3 Å². The highest BCUT2D eigenvalue weighted by atomic mass is 35.5. The largest absolute Gasteiger partial charge is 0.484 e. The van der Waals surface area contributed by atoms with Crippen molar-refractivity contribution < 1.29 is 17.9 Å². The highest BCUT2D eigenvalue weighted by Crippen LogP contribution is 2.26. The van der Waals surface area contributed by atoms with Crippen LogP contribution in [0.2, 0.25) is 5.02 Å². The lowest BCUT2D eigenvalue weighted by atomic mass is 10.2. The number of aryl methyl sites for hydroxylation is 1. The molecule has 9 heteroatoms. The fourth-order valence-electron chi connectivity index (χ4n) is 2.50. The van der Waals surface area contributed by atoms with Crippen LogP contribution in [-0.2, 0) is 14.8 Å². The van der Waals surface area contributed by atoms with Gasteiger partial charge in [-0.3, -0.25) is 9.10 Å². The summed E-state index contributed by atoms with van der Waals surface area (Å²) in [6.07, 6.45) is 0. The maximum absolute atomic E-state index is 12.6. The molecule has 0 aliphatic carbocycles. The molecule has 1 amide bonds. The Labute approximate surface area is 178 Å². The van der Waals surface area contributed by atoms with Gasteiger partial charge in [0.25, 0.3) is 15.9 Å². The van der Waals surface area contributed by atoms with E-state index in [-0.39, 0.29) is 16.7 Å². The molecular formula is C20H19ClN2O4S2. The van der Waals surface area contributed by atoms with E-state index in [1.807, 2.05) is 13.0 Å². The molecule has 1 N–H and O–H groups in total. The Kier molecular flexibility index (Phi) is 6.46. The van der Waals surface area contributed by atoms with Crippen molar-refractivity contribution in [2.45, 2.75) is 11.1 Å². The predicted octanol–water partition coefficient (Wildman–Crippen LogP) is 4.55. The van der Waals surface area contributed by atoms with Crippen molar-refractivity contribution in [1.29, 1.82) is 0 Å². The zero-order valence-electron chi connectivity index (χ0n) is 15.8. The third kappa shape index (κ3) is 5.09. The molecule has 0 bridgehead atoms. The van der Waals surface area contributed by atoms with Crippen LogP contribution in [0.25, 0.3) is 0 Å². The van der Waals surface area contributed by atoms with Crippen molar-refractivity contribution in [2.75, 3.05) is 23.3 Å². The first kappa shape index (κ1) is 21.2. The maximum Gasteiger partial charge on any atom is 0.273 e. The number of amides is 1. The van der Waals surface area contributed by atoms with Gasteiger partial charge in [-0.2, -0.15) is 0 Å². The first-order chi connectivity index (χ1) is 13.8. The van der Waals surface area contributed by atoms with Gasteiger partial charge in [-0.15, -0.1) is 11.3 Å². The number of sulfonamides is 1. The first-order valence-electron chi connectivity index (χ1n) is 8.58. The molecule has 0 spiro atoms. The van der Waals surface area contributed by atoms with Crippen LogP contribution >= 0.6 is 22.9 Å². The van der Waals surface area contributed by atoms with E-state index in [4.69, 9.17) is 16.3 Å². The summed E-state index contributed by atoms with van der Waals surface area (Å²) in [4.78, 5) is 12.1. The molecule has 3 aromatic rings. The number of hydrogen-bond acceptors (Lipinski definition) is 5. The number of rotatable bonds is 7. The minimum absolute atomic E-state index is 0.186. The Bertz CT molecular complexity index is 1100. The lowest BCUT2D eigenvalue weighted by Gasteiger charge is -2.18. The molecule has 0 saturated carbocycles. The quantitative estimate of drug-likeness (QED) is 0.572. The molecular weight excluding hydrogens is 432 g/mol. The smallest absolute Gasteiger partial charge is 0.273 e. The standard InChI is InChI=1S/C20H19ClN2O4S2/c1-14-5-6-15(21)12-18(14)22-19(24)13-27-17-9-7-16(8-10-17)23(2)29(25,26)20-4-3-11-28-20/h3-12H,13H2,1-2H3,(H,22,24). The Hall–Kier alpha value is -2.55. The molecule has 0 atom stereocenters. The van der Waals surface area contributed by atoms with Gasteiger partial charge in [0, 0.05) is 17.8 Å². The fourth-order valence-corrected chi connectivity index (χ4v) is 5.03. The van der Waals surface area contributed by atoms with Crippen molar-refractivity contribution in [3.05, 3.63) is 70.6 Å². The average molecular weight is 451 g/mol. The van der Waals surface area contributed by atoms with Crippen LogP contribution in [0.3, 0.4) is 0 Å². The zero-order valence-corrected chi connectivity index (χ0v) is 18.1. The van der Waals surface area contributed by atoms with Crippen molar-refractivity contribution in [3.8, 4) is 5.75 Å². The zero-order chi connectivity index (χ0) is 21.0. The molecule has 0 radical (unpaired) electrons. The van der Waals surface area contributed by atoms with Crippen molar-refractivity contribution >= 4 is 50.2 Å². The van der Waals surface area contributed by atoms with E-state index >= 15 is 0 Å². The number of hydrogen-bond donors (Lipinski definition) is 1. The number of carbonyl (C=O) groups excluding carboxylic acids is 1. The monoisotopic (exact) mass is 450 g/mol. The summed E-state index contributed by atoms with van der Waals surface area (Å²) in [5.41, 5.74) is 2.01. The SMILES string of the molecule is Cc1ccc(Cl)cc1NC(=O)COc1ccc(N(C)S(=O)(=O)c2cccs2)cc1. The van der Waals surface area contributed by atoms with Crippen LogP contribution in [0, 0.1) is 6.92 Å². The van der Waals surface area contributed by atoms with Crippen LogP contribution in [-0.4, -0.2) is 28.0 Å². The number of anilines is 2. The number of benzene rings is 2. The normalized spacial score (nSPS) is 11.1. The van der Waals surface area contributed by atoms with Gasteiger partial charge in [0.1, 0.15) is 9.96 Å². The topological polar surface area (TPSA) is 75.7 Å². The third-order valence-corrected chi connectivity index (χ3v) is 7.55. The Morgan fingerprint density at radius 2 is 1.90 bits per heavy atom. The molecule has 0 fully saturated rings. The van der Waals surface area contributed by atoms with Crippen LogP contribution < -0.4 is 14.4 Å². The minimum Gasteiger partial charge on any atom is -0.484 e. The van der Waals surface area contributed by atoms with Gasteiger partial charge in [0.2, 0.25) is 0 Å². The maximum atomic E-state index is 12.6. The summed E-state index contributed by atoms with van der Waals surface area (Å²) in [6.45, 7) is 1.68. The molecule has 3 rings (SSSR count). The molecule has 1 aromatic heterocycles. The molecule has 29 heavy (non-hydrogen) atoms. The highest BCUT2D eigenvalue weighted by Gasteiger charge is 2.22. The summed E-state index contributed by atoms with van der Waals surface area (Å²) < 4.78 is 32.1. The molecule has 152 valence electrons. The van der Waals surface area contributed by atoms with Crippen molar-refractivity contribution in [2.24, 2.45) is 0 Å². The van der Waals surface area contributed by atoms with Gasteiger partial charge >= 0.3 is 0 Å². The number of nitrogens with one attached hydrogen (secondary N) is 1. The molecule has 0 aliphatic heterocycles. The van der Waals surface area contributed by atoms with Crippen LogP contribution in [0.4, 0.5) is 11.4 Å². The minimum atomic E-state index is -3.59. The summed E-state index contributed by atoms with van der Waals surface area (Å²) in [5, 5.41) is 5.00.